The molecule has 0 radical (unpaired) electrons. The molecule has 0 saturated carbocycles. The minimum atomic E-state index is 0.0936. The zero-order valence-electron chi connectivity index (χ0n) is 10.6. The average molecular weight is 330 g/mol. The number of hydrogen-bond acceptors (Lipinski definition) is 1. The van der Waals surface area contributed by atoms with Crippen LogP contribution >= 0.6 is 22.6 Å². The summed E-state index contributed by atoms with van der Waals surface area (Å²) in [6, 6.07) is 6.28. The van der Waals surface area contributed by atoms with Crippen LogP contribution in [0.5, 0.6) is 0 Å². The summed E-state index contributed by atoms with van der Waals surface area (Å²) >= 11 is 1.87. The summed E-state index contributed by atoms with van der Waals surface area (Å²) in [4.78, 5) is 11.6. The maximum atomic E-state index is 11.6. The van der Waals surface area contributed by atoms with Crippen LogP contribution in [0.15, 0.2) is 18.2 Å². The fraction of sp³-hybridized carbons (Fsp3) is 0.500. The van der Waals surface area contributed by atoms with Gasteiger partial charge in [0.1, 0.15) is 0 Å². The Labute approximate surface area is 112 Å². The Kier molecular flexibility index (Phi) is 4.16. The lowest BCUT2D eigenvalue weighted by Gasteiger charge is -2.21. The summed E-state index contributed by atoms with van der Waals surface area (Å²) in [5, 5.41) is 0. The molecule has 0 aromatic heterocycles. The Bertz CT molecular complexity index is 400. The van der Waals surface area contributed by atoms with Gasteiger partial charge in [-0.05, 0) is 28.5 Å². The number of benzene rings is 1. The highest BCUT2D eigenvalue weighted by Gasteiger charge is 2.18. The van der Waals surface area contributed by atoms with E-state index in [4.69, 9.17) is 0 Å². The molecule has 0 aliphatic carbocycles. The van der Waals surface area contributed by atoms with Crippen molar-refractivity contribution in [3.63, 3.8) is 0 Å². The lowest BCUT2D eigenvalue weighted by Crippen LogP contribution is -2.13. The Hall–Kier alpha value is -0.380. The summed E-state index contributed by atoms with van der Waals surface area (Å²) in [7, 11) is 0. The quantitative estimate of drug-likeness (QED) is 0.568. The van der Waals surface area contributed by atoms with Gasteiger partial charge in [0.2, 0.25) is 3.79 Å². The van der Waals surface area contributed by atoms with Gasteiger partial charge in [-0.1, -0.05) is 46.8 Å². The van der Waals surface area contributed by atoms with Crippen molar-refractivity contribution in [1.29, 1.82) is 0 Å². The molecule has 0 aliphatic heterocycles. The first-order valence-corrected chi connectivity index (χ1v) is 6.65. The molecule has 0 aliphatic rings. The molecule has 0 saturated heterocycles. The molecule has 0 N–H and O–H groups in total. The highest BCUT2D eigenvalue weighted by molar-refractivity contribution is 14.1. The van der Waals surface area contributed by atoms with Crippen molar-refractivity contribution in [2.75, 3.05) is 0 Å². The number of halogens is 1. The van der Waals surface area contributed by atoms with Gasteiger partial charge in [-0.2, -0.15) is 0 Å². The molecule has 0 fully saturated rings. The van der Waals surface area contributed by atoms with Crippen LogP contribution in [0.2, 0.25) is 0 Å². The van der Waals surface area contributed by atoms with E-state index < -0.39 is 0 Å². The zero-order chi connectivity index (χ0) is 12.5. The van der Waals surface area contributed by atoms with Gasteiger partial charge < -0.3 is 0 Å². The summed E-state index contributed by atoms with van der Waals surface area (Å²) in [5.41, 5.74) is 3.32. The monoisotopic (exact) mass is 330 g/mol. The van der Waals surface area contributed by atoms with Crippen molar-refractivity contribution in [1.82, 2.24) is 0 Å². The molecule has 0 unspecified atom stereocenters. The fourth-order valence-electron chi connectivity index (χ4n) is 1.70. The molecule has 0 spiro atoms. The average Bonchev–Trinajstić information content (AvgIpc) is 2.15. The van der Waals surface area contributed by atoms with Gasteiger partial charge in [0.05, 0.1) is 0 Å². The van der Waals surface area contributed by atoms with Crippen molar-refractivity contribution < 1.29 is 4.79 Å². The Balaban J connectivity index is 3.34. The lowest BCUT2D eigenvalue weighted by atomic mass is 9.84. The van der Waals surface area contributed by atoms with E-state index in [2.05, 4.69) is 46.8 Å². The van der Waals surface area contributed by atoms with Crippen molar-refractivity contribution in [2.24, 2.45) is 0 Å². The van der Waals surface area contributed by atoms with Crippen LogP contribution < -0.4 is 0 Å². The molecule has 0 heterocycles. The standard InChI is InChI=1S/C14H19IO/c1-9(2)11-7-6-10(14(3,4)5)8-12(11)13(15)16/h6-9H,1-5H3. The molecule has 0 atom stereocenters. The highest BCUT2D eigenvalue weighted by atomic mass is 127. The molecular weight excluding hydrogens is 311 g/mol. The molecule has 2 heteroatoms. The molecule has 0 bridgehead atoms. The van der Waals surface area contributed by atoms with Crippen LogP contribution in [0, 0.1) is 0 Å². The predicted octanol–water partition coefficient (Wildman–Crippen LogP) is 4.68. The third-order valence-corrected chi connectivity index (χ3v) is 3.33. The Morgan fingerprint density at radius 3 is 2.19 bits per heavy atom. The summed E-state index contributed by atoms with van der Waals surface area (Å²) in [5.74, 6) is 0.391. The van der Waals surface area contributed by atoms with Crippen molar-refractivity contribution >= 4 is 26.4 Å². The topological polar surface area (TPSA) is 17.1 Å². The van der Waals surface area contributed by atoms with E-state index in [1.807, 2.05) is 28.7 Å². The van der Waals surface area contributed by atoms with E-state index in [-0.39, 0.29) is 9.20 Å². The maximum absolute atomic E-state index is 11.6. The predicted molar refractivity (Wildman–Crippen MR) is 77.6 cm³/mol. The molecule has 16 heavy (non-hydrogen) atoms. The Morgan fingerprint density at radius 2 is 1.81 bits per heavy atom. The van der Waals surface area contributed by atoms with E-state index >= 15 is 0 Å². The smallest absolute Gasteiger partial charge is 0.222 e. The highest BCUT2D eigenvalue weighted by Crippen LogP contribution is 2.28. The van der Waals surface area contributed by atoms with Crippen molar-refractivity contribution in [3.05, 3.63) is 34.9 Å². The molecule has 1 aromatic carbocycles. The first-order chi connectivity index (χ1) is 7.23. The maximum Gasteiger partial charge on any atom is 0.222 e. The zero-order valence-corrected chi connectivity index (χ0v) is 12.8. The van der Waals surface area contributed by atoms with E-state index in [1.165, 1.54) is 5.56 Å². The van der Waals surface area contributed by atoms with Crippen molar-refractivity contribution in [3.8, 4) is 0 Å². The molecule has 0 amide bonds. The third-order valence-electron chi connectivity index (χ3n) is 2.75. The SMILES string of the molecule is CC(C)c1ccc(C(C)(C)C)cc1C(=O)I. The van der Waals surface area contributed by atoms with Gasteiger partial charge in [-0.25, -0.2) is 0 Å². The van der Waals surface area contributed by atoms with Crippen LogP contribution in [-0.4, -0.2) is 3.79 Å². The fourth-order valence-corrected chi connectivity index (χ4v) is 2.16. The normalized spacial score (nSPS) is 11.9. The summed E-state index contributed by atoms with van der Waals surface area (Å²) in [6.07, 6.45) is 0. The second kappa shape index (κ2) is 4.86. The summed E-state index contributed by atoms with van der Waals surface area (Å²) in [6.45, 7) is 10.7. The molecule has 1 nitrogen and oxygen atoms in total. The minimum Gasteiger partial charge on any atom is -0.282 e. The van der Waals surface area contributed by atoms with Crippen LogP contribution in [0.4, 0.5) is 0 Å². The third kappa shape index (κ3) is 3.06. The van der Waals surface area contributed by atoms with E-state index in [9.17, 15) is 4.79 Å². The number of rotatable bonds is 2. The van der Waals surface area contributed by atoms with Crippen LogP contribution in [-0.2, 0) is 5.41 Å². The number of carbonyl (C=O) groups is 1. The first kappa shape index (κ1) is 13.7. The van der Waals surface area contributed by atoms with Gasteiger partial charge in [0.15, 0.2) is 0 Å². The number of hydrogen-bond donors (Lipinski definition) is 0. The molecular formula is C14H19IO. The number of carbonyl (C=O) groups excluding carboxylic acids is 1. The van der Waals surface area contributed by atoms with E-state index in [0.29, 0.717) is 5.92 Å². The second-order valence-corrected chi connectivity index (χ2v) is 6.46. The molecule has 1 rings (SSSR count). The van der Waals surface area contributed by atoms with E-state index in [1.54, 1.807) is 0 Å². The Morgan fingerprint density at radius 1 is 1.25 bits per heavy atom. The van der Waals surface area contributed by atoms with Gasteiger partial charge in [-0.15, -0.1) is 0 Å². The van der Waals surface area contributed by atoms with Gasteiger partial charge in [0, 0.05) is 28.2 Å². The van der Waals surface area contributed by atoms with Gasteiger partial charge >= 0.3 is 0 Å². The van der Waals surface area contributed by atoms with Crippen LogP contribution in [0.1, 0.15) is 62.0 Å². The second-order valence-electron chi connectivity index (χ2n) is 5.48. The largest absolute Gasteiger partial charge is 0.282 e. The van der Waals surface area contributed by atoms with E-state index in [0.717, 1.165) is 11.1 Å². The van der Waals surface area contributed by atoms with Gasteiger partial charge in [-0.3, -0.25) is 4.79 Å². The van der Waals surface area contributed by atoms with Crippen molar-refractivity contribution in [2.45, 2.75) is 46.0 Å². The molecule has 88 valence electrons. The van der Waals surface area contributed by atoms with Gasteiger partial charge in [0.25, 0.3) is 0 Å². The molecule has 1 aromatic rings. The minimum absolute atomic E-state index is 0.0936. The first-order valence-electron chi connectivity index (χ1n) is 5.57. The lowest BCUT2D eigenvalue weighted by molar-refractivity contribution is 0.110. The van der Waals surface area contributed by atoms with Crippen LogP contribution in [0.3, 0.4) is 0 Å². The van der Waals surface area contributed by atoms with Crippen LogP contribution in [0.25, 0.3) is 0 Å². The summed E-state index contributed by atoms with van der Waals surface area (Å²) < 4.78 is 0.132.